The molecule has 1 aliphatic heterocycles. The van der Waals surface area contributed by atoms with Crippen LogP contribution in [0.15, 0.2) is 24.3 Å². The lowest BCUT2D eigenvalue weighted by atomic mass is 10.0. The minimum atomic E-state index is -4.74. The molecular weight excluding hydrogens is 281 g/mol. The molecule has 0 saturated carbocycles. The summed E-state index contributed by atoms with van der Waals surface area (Å²) in [7, 11) is 0. The molecule has 1 heterocycles. The second-order valence-corrected chi connectivity index (χ2v) is 3.86. The molecule has 6 nitrogen and oxygen atoms in total. The summed E-state index contributed by atoms with van der Waals surface area (Å²) >= 11 is 0. The molecule has 0 saturated heterocycles. The van der Waals surface area contributed by atoms with Gasteiger partial charge in [0.1, 0.15) is 0 Å². The number of benzene rings is 1. The van der Waals surface area contributed by atoms with E-state index in [0.717, 1.165) is 12.1 Å². The van der Waals surface area contributed by atoms with Crippen LogP contribution >= 0.6 is 0 Å². The molecule has 1 aromatic carbocycles. The standard InChI is InChI=1S/C11H5F3N2O4/c12-11(13,14)5-1-2-6(8(3-5)16(19)20)7-4-9(17)15-10(7)18/h1-4H,(H,15,17,18). The van der Waals surface area contributed by atoms with Crippen LogP contribution in [0.25, 0.3) is 5.57 Å². The van der Waals surface area contributed by atoms with Crippen LogP contribution in [0, 0.1) is 10.1 Å². The number of carbonyl (C=O) groups is 2. The highest BCUT2D eigenvalue weighted by atomic mass is 19.4. The summed E-state index contributed by atoms with van der Waals surface area (Å²) in [6, 6.07) is 1.73. The quantitative estimate of drug-likeness (QED) is 0.508. The number of rotatable bonds is 2. The van der Waals surface area contributed by atoms with Gasteiger partial charge in [0.15, 0.2) is 0 Å². The molecule has 0 radical (unpaired) electrons. The molecule has 0 aromatic heterocycles. The Hall–Kier alpha value is -2.71. The summed E-state index contributed by atoms with van der Waals surface area (Å²) in [5, 5.41) is 12.7. The first kappa shape index (κ1) is 13.7. The Bertz CT molecular complexity index is 664. The zero-order valence-corrected chi connectivity index (χ0v) is 9.52. The maximum Gasteiger partial charge on any atom is 0.416 e. The van der Waals surface area contributed by atoms with Crippen molar-refractivity contribution in [2.45, 2.75) is 6.18 Å². The number of nitrogens with one attached hydrogen (secondary N) is 1. The van der Waals surface area contributed by atoms with Gasteiger partial charge in [-0.15, -0.1) is 0 Å². The molecule has 2 amide bonds. The summed E-state index contributed by atoms with van der Waals surface area (Å²) in [6.07, 6.45) is -3.94. The topological polar surface area (TPSA) is 89.3 Å². The monoisotopic (exact) mass is 286 g/mol. The molecule has 0 atom stereocenters. The molecule has 0 spiro atoms. The zero-order valence-electron chi connectivity index (χ0n) is 9.52. The summed E-state index contributed by atoms with van der Waals surface area (Å²) in [4.78, 5) is 32.2. The van der Waals surface area contributed by atoms with Crippen LogP contribution in [0.4, 0.5) is 18.9 Å². The van der Waals surface area contributed by atoms with Gasteiger partial charge in [-0.1, -0.05) is 0 Å². The van der Waals surface area contributed by atoms with E-state index >= 15 is 0 Å². The Morgan fingerprint density at radius 1 is 1.20 bits per heavy atom. The average Bonchev–Trinajstić information content (AvgIpc) is 2.66. The lowest BCUT2D eigenvalue weighted by Gasteiger charge is -2.08. The number of nitrogens with zero attached hydrogens (tertiary/aromatic N) is 1. The number of imide groups is 1. The number of nitro benzene ring substituents is 1. The predicted octanol–water partition coefficient (Wildman–Crippen LogP) is 1.65. The number of carbonyl (C=O) groups excluding carboxylic acids is 2. The molecule has 1 aromatic rings. The van der Waals surface area contributed by atoms with Crippen molar-refractivity contribution in [2.24, 2.45) is 0 Å². The molecule has 1 aliphatic rings. The van der Waals surface area contributed by atoms with E-state index in [1.54, 1.807) is 0 Å². The Morgan fingerprint density at radius 2 is 1.85 bits per heavy atom. The molecule has 2 rings (SSSR count). The van der Waals surface area contributed by atoms with Crippen molar-refractivity contribution in [3.8, 4) is 0 Å². The molecule has 1 N–H and O–H groups in total. The van der Waals surface area contributed by atoms with E-state index in [4.69, 9.17) is 0 Å². The largest absolute Gasteiger partial charge is 0.416 e. The van der Waals surface area contributed by atoms with Gasteiger partial charge in [0.2, 0.25) is 0 Å². The summed E-state index contributed by atoms with van der Waals surface area (Å²) < 4.78 is 37.5. The van der Waals surface area contributed by atoms with Gasteiger partial charge in [0, 0.05) is 12.1 Å². The highest BCUT2D eigenvalue weighted by Gasteiger charge is 2.35. The van der Waals surface area contributed by atoms with Crippen molar-refractivity contribution in [3.63, 3.8) is 0 Å². The van der Waals surface area contributed by atoms with Gasteiger partial charge in [-0.2, -0.15) is 13.2 Å². The Balaban J connectivity index is 2.61. The molecule has 9 heteroatoms. The van der Waals surface area contributed by atoms with Crippen LogP contribution in [0.3, 0.4) is 0 Å². The van der Waals surface area contributed by atoms with Gasteiger partial charge >= 0.3 is 6.18 Å². The fourth-order valence-corrected chi connectivity index (χ4v) is 1.70. The van der Waals surface area contributed by atoms with Gasteiger partial charge in [-0.25, -0.2) is 0 Å². The fourth-order valence-electron chi connectivity index (χ4n) is 1.70. The maximum absolute atomic E-state index is 12.5. The highest BCUT2D eigenvalue weighted by Crippen LogP contribution is 2.35. The van der Waals surface area contributed by atoms with Crippen LogP contribution < -0.4 is 5.32 Å². The van der Waals surface area contributed by atoms with Gasteiger partial charge in [0.05, 0.1) is 21.6 Å². The molecule has 0 aliphatic carbocycles. The van der Waals surface area contributed by atoms with E-state index in [2.05, 4.69) is 0 Å². The molecule has 20 heavy (non-hydrogen) atoms. The lowest BCUT2D eigenvalue weighted by molar-refractivity contribution is -0.385. The number of hydrogen-bond donors (Lipinski definition) is 1. The number of halogens is 3. The highest BCUT2D eigenvalue weighted by molar-refractivity contribution is 6.34. The third kappa shape index (κ3) is 2.37. The van der Waals surface area contributed by atoms with Gasteiger partial charge in [0.25, 0.3) is 17.5 Å². The minimum absolute atomic E-state index is 0.326. The second-order valence-electron chi connectivity index (χ2n) is 3.86. The zero-order chi connectivity index (χ0) is 15.1. The third-order valence-corrected chi connectivity index (χ3v) is 2.57. The first-order valence-corrected chi connectivity index (χ1v) is 5.13. The van der Waals surface area contributed by atoms with E-state index in [9.17, 15) is 32.9 Å². The summed E-state index contributed by atoms with van der Waals surface area (Å²) in [6.45, 7) is 0. The van der Waals surface area contributed by atoms with Gasteiger partial charge < -0.3 is 0 Å². The lowest BCUT2D eigenvalue weighted by Crippen LogP contribution is -2.22. The third-order valence-electron chi connectivity index (χ3n) is 2.57. The van der Waals surface area contributed by atoms with E-state index in [1.807, 2.05) is 5.32 Å². The van der Waals surface area contributed by atoms with Crippen molar-refractivity contribution < 1.29 is 27.7 Å². The number of nitro groups is 1. The first-order valence-electron chi connectivity index (χ1n) is 5.13. The molecule has 0 unspecified atom stereocenters. The summed E-state index contributed by atoms with van der Waals surface area (Å²) in [5.41, 5.74) is -2.78. The predicted molar refractivity (Wildman–Crippen MR) is 59.2 cm³/mol. The Kier molecular flexibility index (Phi) is 3.04. The average molecular weight is 286 g/mol. The van der Waals surface area contributed by atoms with Gasteiger partial charge in [-0.05, 0) is 12.1 Å². The fraction of sp³-hybridized carbons (Fsp3) is 0.0909. The van der Waals surface area contributed by atoms with Crippen molar-refractivity contribution in [1.82, 2.24) is 5.32 Å². The molecule has 0 fully saturated rings. The maximum atomic E-state index is 12.5. The van der Waals surface area contributed by atoms with E-state index in [0.29, 0.717) is 12.1 Å². The molecule has 104 valence electrons. The van der Waals surface area contributed by atoms with Crippen LogP contribution in [-0.2, 0) is 15.8 Å². The van der Waals surface area contributed by atoms with Crippen molar-refractivity contribution in [2.75, 3.05) is 0 Å². The normalized spacial score (nSPS) is 15.1. The SMILES string of the molecule is O=C1C=C(c2ccc(C(F)(F)F)cc2[N+](=O)[O-])C(=O)N1. The van der Waals surface area contributed by atoms with Crippen molar-refractivity contribution >= 4 is 23.1 Å². The Morgan fingerprint density at radius 3 is 2.30 bits per heavy atom. The number of alkyl halides is 3. The Labute approximate surface area is 109 Å². The van der Waals surface area contributed by atoms with E-state index in [1.165, 1.54) is 0 Å². The minimum Gasteiger partial charge on any atom is -0.289 e. The van der Waals surface area contributed by atoms with E-state index < -0.39 is 34.2 Å². The molecule has 0 bridgehead atoms. The molecular formula is C11H5F3N2O4. The van der Waals surface area contributed by atoms with Crippen LogP contribution in [-0.4, -0.2) is 16.7 Å². The van der Waals surface area contributed by atoms with Crippen LogP contribution in [0.1, 0.15) is 11.1 Å². The number of amides is 2. The van der Waals surface area contributed by atoms with Crippen LogP contribution in [0.5, 0.6) is 0 Å². The van der Waals surface area contributed by atoms with E-state index in [-0.39, 0.29) is 11.1 Å². The first-order chi connectivity index (χ1) is 9.20. The van der Waals surface area contributed by atoms with Crippen LogP contribution in [0.2, 0.25) is 0 Å². The smallest absolute Gasteiger partial charge is 0.289 e. The second kappa shape index (κ2) is 4.44. The summed E-state index contributed by atoms with van der Waals surface area (Å²) in [5.74, 6) is -1.67. The van der Waals surface area contributed by atoms with Gasteiger partial charge in [-0.3, -0.25) is 25.0 Å². The van der Waals surface area contributed by atoms with Crippen molar-refractivity contribution in [1.29, 1.82) is 0 Å². The number of hydrogen-bond acceptors (Lipinski definition) is 4. The van der Waals surface area contributed by atoms with Crippen molar-refractivity contribution in [3.05, 3.63) is 45.5 Å².